The summed E-state index contributed by atoms with van der Waals surface area (Å²) in [6.45, 7) is 0.876. The van der Waals surface area contributed by atoms with Crippen molar-refractivity contribution in [2.45, 2.75) is 88.8 Å². The SMILES string of the molecule is COC(=O)C12CCC(NCc3ccc4cc(OC5CCCCC5)ccc4c3)(CC1)CC2. The standard InChI is InChI=1S/C27H35NO3/c1-30-25(29)26-11-14-27(15-12-26,16-13-26)28-19-20-7-8-22-18-24(10-9-21(22)17-20)31-23-5-3-2-4-6-23/h7-10,17-18,23,28H,2-6,11-16,19H2,1H3. The second kappa shape index (κ2) is 8.46. The van der Waals surface area contributed by atoms with E-state index in [0.717, 1.165) is 50.8 Å². The van der Waals surface area contributed by atoms with Gasteiger partial charge in [0.25, 0.3) is 0 Å². The Morgan fingerprint density at radius 1 is 0.935 bits per heavy atom. The zero-order valence-electron chi connectivity index (χ0n) is 18.8. The molecule has 4 saturated carbocycles. The number of fused-ring (bicyclic) bond motifs is 4. The molecule has 0 atom stereocenters. The molecule has 1 N–H and O–H groups in total. The van der Waals surface area contributed by atoms with Gasteiger partial charge >= 0.3 is 5.97 Å². The van der Waals surface area contributed by atoms with Crippen LogP contribution in [0.3, 0.4) is 0 Å². The first-order valence-corrected chi connectivity index (χ1v) is 12.1. The van der Waals surface area contributed by atoms with Gasteiger partial charge < -0.3 is 14.8 Å². The predicted octanol–water partition coefficient (Wildman–Crippen LogP) is 5.91. The van der Waals surface area contributed by atoms with Gasteiger partial charge in [0.15, 0.2) is 0 Å². The van der Waals surface area contributed by atoms with Crippen molar-refractivity contribution in [2.75, 3.05) is 7.11 Å². The van der Waals surface area contributed by atoms with Crippen LogP contribution in [0.5, 0.6) is 5.75 Å². The van der Waals surface area contributed by atoms with Crippen LogP contribution in [-0.4, -0.2) is 24.7 Å². The van der Waals surface area contributed by atoms with Crippen LogP contribution >= 0.6 is 0 Å². The summed E-state index contributed by atoms with van der Waals surface area (Å²) in [6, 6.07) is 13.3. The molecule has 4 aliphatic rings. The molecule has 2 bridgehead atoms. The lowest BCUT2D eigenvalue weighted by Gasteiger charge is -2.52. The topological polar surface area (TPSA) is 47.6 Å². The maximum absolute atomic E-state index is 12.2. The van der Waals surface area contributed by atoms with Crippen molar-refractivity contribution in [1.82, 2.24) is 5.32 Å². The lowest BCUT2D eigenvalue weighted by molar-refractivity contribution is -0.160. The third-order valence-electron chi connectivity index (χ3n) is 8.26. The summed E-state index contributed by atoms with van der Waals surface area (Å²) in [6.07, 6.45) is 12.7. The second-order valence-corrected chi connectivity index (χ2v) is 10.1. The van der Waals surface area contributed by atoms with Crippen LogP contribution < -0.4 is 10.1 Å². The normalized spacial score (nSPS) is 28.5. The van der Waals surface area contributed by atoms with Crippen LogP contribution in [0.1, 0.15) is 76.2 Å². The number of hydrogen-bond donors (Lipinski definition) is 1. The third kappa shape index (κ3) is 4.19. The molecule has 2 aromatic carbocycles. The molecular weight excluding hydrogens is 386 g/mol. The van der Waals surface area contributed by atoms with E-state index in [4.69, 9.17) is 9.47 Å². The van der Waals surface area contributed by atoms with Crippen LogP contribution in [0, 0.1) is 5.41 Å². The molecule has 0 unspecified atom stereocenters. The molecule has 0 radical (unpaired) electrons. The number of ether oxygens (including phenoxy) is 2. The lowest BCUT2D eigenvalue weighted by atomic mass is 9.57. The quantitative estimate of drug-likeness (QED) is 0.589. The van der Waals surface area contributed by atoms with Crippen LogP contribution in [-0.2, 0) is 16.1 Å². The first-order valence-electron chi connectivity index (χ1n) is 12.1. The minimum Gasteiger partial charge on any atom is -0.490 e. The minimum absolute atomic E-state index is 0.00200. The van der Waals surface area contributed by atoms with Crippen molar-refractivity contribution in [3.63, 3.8) is 0 Å². The Labute approximate surface area is 185 Å². The maximum Gasteiger partial charge on any atom is 0.311 e. The number of carbonyl (C=O) groups excluding carboxylic acids is 1. The fraction of sp³-hybridized carbons (Fsp3) is 0.593. The maximum atomic E-state index is 12.2. The van der Waals surface area contributed by atoms with E-state index in [0.29, 0.717) is 6.10 Å². The first-order chi connectivity index (χ1) is 15.1. The number of methoxy groups -OCH3 is 1. The van der Waals surface area contributed by atoms with Crippen LogP contribution in [0.15, 0.2) is 36.4 Å². The Morgan fingerprint density at radius 3 is 2.32 bits per heavy atom. The van der Waals surface area contributed by atoms with Crippen molar-refractivity contribution in [3.05, 3.63) is 42.0 Å². The molecule has 0 aromatic heterocycles. The van der Waals surface area contributed by atoms with Gasteiger partial charge in [0, 0.05) is 12.1 Å². The molecule has 0 saturated heterocycles. The van der Waals surface area contributed by atoms with E-state index in [2.05, 4.69) is 41.7 Å². The highest BCUT2D eigenvalue weighted by molar-refractivity contribution is 5.84. The molecule has 6 rings (SSSR count). The molecule has 0 aliphatic heterocycles. The van der Waals surface area contributed by atoms with E-state index >= 15 is 0 Å². The number of esters is 1. The zero-order chi connectivity index (χ0) is 21.3. The molecule has 4 nitrogen and oxygen atoms in total. The van der Waals surface area contributed by atoms with Gasteiger partial charge in [-0.15, -0.1) is 0 Å². The minimum atomic E-state index is -0.210. The molecule has 166 valence electrons. The molecule has 0 amide bonds. The number of hydrogen-bond acceptors (Lipinski definition) is 4. The summed E-state index contributed by atoms with van der Waals surface area (Å²) in [4.78, 5) is 12.2. The Kier molecular flexibility index (Phi) is 5.68. The molecule has 4 aliphatic carbocycles. The van der Waals surface area contributed by atoms with Crippen LogP contribution in [0.2, 0.25) is 0 Å². The zero-order valence-corrected chi connectivity index (χ0v) is 18.8. The van der Waals surface area contributed by atoms with E-state index in [1.165, 1.54) is 55.5 Å². The highest BCUT2D eigenvalue weighted by Gasteiger charge is 2.52. The predicted molar refractivity (Wildman–Crippen MR) is 123 cm³/mol. The van der Waals surface area contributed by atoms with Crippen molar-refractivity contribution < 1.29 is 14.3 Å². The highest BCUT2D eigenvalue weighted by atomic mass is 16.5. The van der Waals surface area contributed by atoms with Gasteiger partial charge in [0.1, 0.15) is 5.75 Å². The van der Waals surface area contributed by atoms with Crippen LogP contribution in [0.4, 0.5) is 0 Å². The first kappa shape index (κ1) is 20.8. The third-order valence-corrected chi connectivity index (χ3v) is 8.26. The summed E-state index contributed by atoms with van der Waals surface area (Å²) in [5, 5.41) is 6.38. The van der Waals surface area contributed by atoms with Gasteiger partial charge in [-0.1, -0.05) is 24.6 Å². The monoisotopic (exact) mass is 421 g/mol. The average Bonchev–Trinajstić information content (AvgIpc) is 2.84. The summed E-state index contributed by atoms with van der Waals surface area (Å²) in [7, 11) is 1.52. The Hall–Kier alpha value is -2.07. The van der Waals surface area contributed by atoms with Gasteiger partial charge in [-0.3, -0.25) is 4.79 Å². The van der Waals surface area contributed by atoms with E-state index in [1.54, 1.807) is 0 Å². The molecule has 4 fully saturated rings. The van der Waals surface area contributed by atoms with Crippen molar-refractivity contribution >= 4 is 16.7 Å². The molecule has 0 heterocycles. The molecule has 4 heteroatoms. The highest BCUT2D eigenvalue weighted by Crippen LogP contribution is 2.53. The second-order valence-electron chi connectivity index (χ2n) is 10.1. The van der Waals surface area contributed by atoms with Gasteiger partial charge in [0.2, 0.25) is 0 Å². The fourth-order valence-electron chi connectivity index (χ4n) is 6.10. The van der Waals surface area contributed by atoms with Gasteiger partial charge in [-0.05, 0) is 98.7 Å². The van der Waals surface area contributed by atoms with E-state index in [9.17, 15) is 4.79 Å². The smallest absolute Gasteiger partial charge is 0.311 e. The van der Waals surface area contributed by atoms with Crippen molar-refractivity contribution in [1.29, 1.82) is 0 Å². The molecule has 31 heavy (non-hydrogen) atoms. The van der Waals surface area contributed by atoms with Crippen molar-refractivity contribution in [2.24, 2.45) is 5.41 Å². The molecular formula is C27H35NO3. The van der Waals surface area contributed by atoms with E-state index in [1.807, 2.05) is 0 Å². The number of nitrogens with one attached hydrogen (secondary N) is 1. The lowest BCUT2D eigenvalue weighted by Crippen LogP contribution is -2.56. The molecule has 0 spiro atoms. The van der Waals surface area contributed by atoms with Gasteiger partial charge in [0.05, 0.1) is 18.6 Å². The largest absolute Gasteiger partial charge is 0.490 e. The summed E-state index contributed by atoms with van der Waals surface area (Å²) >= 11 is 0. The Balaban J connectivity index is 1.21. The van der Waals surface area contributed by atoms with E-state index < -0.39 is 0 Å². The van der Waals surface area contributed by atoms with Crippen molar-refractivity contribution in [3.8, 4) is 5.75 Å². The van der Waals surface area contributed by atoms with E-state index in [-0.39, 0.29) is 16.9 Å². The summed E-state index contributed by atoms with van der Waals surface area (Å²) in [5.41, 5.74) is 1.29. The van der Waals surface area contributed by atoms with Gasteiger partial charge in [-0.2, -0.15) is 0 Å². The summed E-state index contributed by atoms with van der Waals surface area (Å²) in [5.74, 6) is 1.00. The Morgan fingerprint density at radius 2 is 1.61 bits per heavy atom. The fourth-order valence-corrected chi connectivity index (χ4v) is 6.10. The summed E-state index contributed by atoms with van der Waals surface area (Å²) < 4.78 is 11.3. The number of carbonyl (C=O) groups is 1. The van der Waals surface area contributed by atoms with Crippen LogP contribution in [0.25, 0.3) is 10.8 Å². The number of benzene rings is 2. The number of rotatable bonds is 6. The molecule has 2 aromatic rings. The van der Waals surface area contributed by atoms with Gasteiger partial charge in [-0.25, -0.2) is 0 Å². The average molecular weight is 422 g/mol. The Bertz CT molecular complexity index is 922.